The molecule has 4 heterocycles. The maximum absolute atomic E-state index is 12.6. The van der Waals surface area contributed by atoms with Crippen LogP contribution in [0.15, 0.2) is 73.4 Å². The van der Waals surface area contributed by atoms with E-state index >= 15 is 0 Å². The molecule has 1 amide bonds. The number of nitrogens with zero attached hydrogens (tertiary/aromatic N) is 6. The topological polar surface area (TPSA) is 97.1 Å². The molecule has 198 valence electrons. The first-order valence-electron chi connectivity index (χ1n) is 12.8. The SMILES string of the molecule is Cc1cc(Nc2ncnc3ccc(OCC(=O)N4CCN(C)CC4)cc23)ccc1Oc1ccn2ccnc2c1. The Hall–Kier alpha value is -4.70. The minimum absolute atomic E-state index is 0.000155. The molecule has 10 heteroatoms. The van der Waals surface area contributed by atoms with Crippen molar-refractivity contribution in [1.29, 1.82) is 0 Å². The summed E-state index contributed by atoms with van der Waals surface area (Å²) in [4.78, 5) is 29.8. The van der Waals surface area contributed by atoms with E-state index in [1.165, 1.54) is 6.33 Å². The molecule has 5 aromatic rings. The summed E-state index contributed by atoms with van der Waals surface area (Å²) in [7, 11) is 2.06. The number of hydrogen-bond acceptors (Lipinski definition) is 8. The summed E-state index contributed by atoms with van der Waals surface area (Å²) in [5.74, 6) is 2.71. The fourth-order valence-corrected chi connectivity index (χ4v) is 4.58. The van der Waals surface area contributed by atoms with Crippen molar-refractivity contribution in [1.82, 2.24) is 29.2 Å². The molecule has 0 atom stereocenters. The molecule has 1 N–H and O–H groups in total. The van der Waals surface area contributed by atoms with Gasteiger partial charge in [-0.2, -0.15) is 0 Å². The predicted octanol–water partition coefficient (Wildman–Crippen LogP) is 4.27. The van der Waals surface area contributed by atoms with Crippen LogP contribution >= 0.6 is 0 Å². The molecule has 2 aromatic carbocycles. The van der Waals surface area contributed by atoms with Gasteiger partial charge in [-0.25, -0.2) is 15.0 Å². The normalized spacial score (nSPS) is 14.1. The molecule has 0 bridgehead atoms. The standard InChI is InChI=1S/C29H29N7O3/c1-20-15-21(3-6-26(20)39-23-7-9-35-10-8-30-27(35)17-23)33-29-24-16-22(4-5-25(24)31-19-32-29)38-18-28(37)36-13-11-34(2)12-14-36/h3-10,15-17,19H,11-14,18H2,1-2H3,(H,31,32,33). The second-order valence-electron chi connectivity index (χ2n) is 9.64. The Balaban J connectivity index is 1.16. The first-order chi connectivity index (χ1) is 19.0. The number of imidazole rings is 1. The van der Waals surface area contributed by atoms with Gasteiger partial charge in [-0.15, -0.1) is 0 Å². The smallest absolute Gasteiger partial charge is 0.260 e. The van der Waals surface area contributed by atoms with Gasteiger partial charge in [-0.1, -0.05) is 0 Å². The van der Waals surface area contributed by atoms with E-state index in [-0.39, 0.29) is 12.5 Å². The monoisotopic (exact) mass is 523 g/mol. The number of rotatable bonds is 7. The zero-order valence-corrected chi connectivity index (χ0v) is 21.9. The van der Waals surface area contributed by atoms with Crippen LogP contribution in [-0.4, -0.2) is 74.9 Å². The number of likely N-dealkylation sites (N-methyl/N-ethyl adjacent to an activating group) is 1. The van der Waals surface area contributed by atoms with Crippen molar-refractivity contribution in [3.05, 3.63) is 79.0 Å². The van der Waals surface area contributed by atoms with Gasteiger partial charge in [-0.05, 0) is 62.0 Å². The Bertz CT molecular complexity index is 1640. The van der Waals surface area contributed by atoms with E-state index in [9.17, 15) is 4.79 Å². The number of amides is 1. The van der Waals surface area contributed by atoms with Crippen LogP contribution in [0.3, 0.4) is 0 Å². The van der Waals surface area contributed by atoms with Gasteiger partial charge in [0.1, 0.15) is 35.0 Å². The largest absolute Gasteiger partial charge is 0.484 e. The lowest BCUT2D eigenvalue weighted by Crippen LogP contribution is -2.48. The molecule has 0 aliphatic carbocycles. The van der Waals surface area contributed by atoms with E-state index in [0.717, 1.165) is 65.5 Å². The summed E-state index contributed by atoms with van der Waals surface area (Å²) >= 11 is 0. The van der Waals surface area contributed by atoms with Crippen LogP contribution in [0.2, 0.25) is 0 Å². The molecule has 10 nitrogen and oxygen atoms in total. The number of carbonyl (C=O) groups is 1. The Morgan fingerprint density at radius 3 is 2.67 bits per heavy atom. The quantitative estimate of drug-likeness (QED) is 0.338. The Labute approximate surface area is 225 Å². The van der Waals surface area contributed by atoms with Crippen molar-refractivity contribution in [2.45, 2.75) is 6.92 Å². The number of aryl methyl sites for hydroxylation is 1. The molecule has 1 aliphatic heterocycles. The van der Waals surface area contributed by atoms with Gasteiger partial charge in [0.25, 0.3) is 5.91 Å². The summed E-state index contributed by atoms with van der Waals surface area (Å²) in [6.07, 6.45) is 7.09. The third-order valence-electron chi connectivity index (χ3n) is 6.86. The number of hydrogen-bond donors (Lipinski definition) is 1. The summed E-state index contributed by atoms with van der Waals surface area (Å²) in [6.45, 7) is 5.20. The second-order valence-corrected chi connectivity index (χ2v) is 9.64. The van der Waals surface area contributed by atoms with E-state index in [1.54, 1.807) is 6.20 Å². The number of aromatic nitrogens is 4. The third kappa shape index (κ3) is 5.46. The predicted molar refractivity (Wildman–Crippen MR) is 149 cm³/mol. The highest BCUT2D eigenvalue weighted by atomic mass is 16.5. The van der Waals surface area contributed by atoms with Crippen molar-refractivity contribution in [2.24, 2.45) is 0 Å². The highest BCUT2D eigenvalue weighted by Gasteiger charge is 2.19. The van der Waals surface area contributed by atoms with Gasteiger partial charge >= 0.3 is 0 Å². The van der Waals surface area contributed by atoms with E-state index in [0.29, 0.717) is 11.6 Å². The lowest BCUT2D eigenvalue weighted by Gasteiger charge is -2.32. The molecular formula is C29H29N7O3. The lowest BCUT2D eigenvalue weighted by atomic mass is 10.2. The minimum Gasteiger partial charge on any atom is -0.484 e. The number of carbonyl (C=O) groups excluding carboxylic acids is 1. The summed E-state index contributed by atoms with van der Waals surface area (Å²) in [5, 5.41) is 4.19. The van der Waals surface area contributed by atoms with E-state index in [4.69, 9.17) is 9.47 Å². The molecule has 0 radical (unpaired) electrons. The highest BCUT2D eigenvalue weighted by molar-refractivity contribution is 5.91. The van der Waals surface area contributed by atoms with E-state index in [2.05, 4.69) is 32.2 Å². The molecule has 1 saturated heterocycles. The lowest BCUT2D eigenvalue weighted by molar-refractivity contribution is -0.134. The molecular weight excluding hydrogens is 494 g/mol. The first kappa shape index (κ1) is 24.6. The third-order valence-corrected chi connectivity index (χ3v) is 6.86. The van der Waals surface area contributed by atoms with Gasteiger partial charge in [0.15, 0.2) is 6.61 Å². The van der Waals surface area contributed by atoms with E-state index < -0.39 is 0 Å². The number of pyridine rings is 1. The number of piperazine rings is 1. The summed E-state index contributed by atoms with van der Waals surface area (Å²) in [5.41, 5.74) is 3.43. The summed E-state index contributed by atoms with van der Waals surface area (Å²) in [6, 6.07) is 15.2. The Kier molecular flexibility index (Phi) is 6.68. The van der Waals surface area contributed by atoms with Crippen molar-refractivity contribution in [3.63, 3.8) is 0 Å². The molecule has 0 spiro atoms. The Morgan fingerprint density at radius 2 is 1.82 bits per heavy atom. The number of ether oxygens (including phenoxy) is 2. The number of fused-ring (bicyclic) bond motifs is 2. The fraction of sp³-hybridized carbons (Fsp3) is 0.241. The fourth-order valence-electron chi connectivity index (χ4n) is 4.58. The average molecular weight is 524 g/mol. The molecule has 39 heavy (non-hydrogen) atoms. The maximum atomic E-state index is 12.6. The number of benzene rings is 2. The summed E-state index contributed by atoms with van der Waals surface area (Å²) < 4.78 is 13.9. The first-order valence-corrected chi connectivity index (χ1v) is 12.8. The number of nitrogens with one attached hydrogen (secondary N) is 1. The molecule has 0 unspecified atom stereocenters. The molecule has 0 saturated carbocycles. The van der Waals surface area contributed by atoms with Gasteiger partial charge in [0.05, 0.1) is 5.52 Å². The zero-order valence-electron chi connectivity index (χ0n) is 21.9. The Morgan fingerprint density at radius 1 is 0.949 bits per heavy atom. The van der Waals surface area contributed by atoms with Crippen LogP contribution in [0, 0.1) is 6.92 Å². The minimum atomic E-state index is -0.00616. The molecule has 1 aliphatic rings. The van der Waals surface area contributed by atoms with Crippen LogP contribution in [0.4, 0.5) is 11.5 Å². The maximum Gasteiger partial charge on any atom is 0.260 e. The highest BCUT2D eigenvalue weighted by Crippen LogP contribution is 2.31. The average Bonchev–Trinajstić information content (AvgIpc) is 3.42. The van der Waals surface area contributed by atoms with Crippen LogP contribution in [0.1, 0.15) is 5.56 Å². The van der Waals surface area contributed by atoms with Crippen LogP contribution in [0.5, 0.6) is 17.2 Å². The van der Waals surface area contributed by atoms with Crippen molar-refractivity contribution >= 4 is 34.0 Å². The van der Waals surface area contributed by atoms with Gasteiger partial charge in [0.2, 0.25) is 0 Å². The van der Waals surface area contributed by atoms with Gasteiger partial charge < -0.3 is 29.0 Å². The van der Waals surface area contributed by atoms with Crippen LogP contribution in [0.25, 0.3) is 16.6 Å². The molecule has 1 fully saturated rings. The molecule has 6 rings (SSSR count). The zero-order chi connectivity index (χ0) is 26.8. The van der Waals surface area contributed by atoms with Crippen LogP contribution < -0.4 is 14.8 Å². The van der Waals surface area contributed by atoms with Crippen molar-refractivity contribution in [3.8, 4) is 17.2 Å². The van der Waals surface area contributed by atoms with Gasteiger partial charge in [0, 0.05) is 61.9 Å². The van der Waals surface area contributed by atoms with Crippen LogP contribution in [-0.2, 0) is 4.79 Å². The number of anilines is 2. The second kappa shape index (κ2) is 10.6. The molecule has 3 aromatic heterocycles. The van der Waals surface area contributed by atoms with Crippen molar-refractivity contribution < 1.29 is 14.3 Å². The van der Waals surface area contributed by atoms with Crippen molar-refractivity contribution in [2.75, 3.05) is 45.2 Å². The van der Waals surface area contributed by atoms with E-state index in [1.807, 2.05) is 77.1 Å². The van der Waals surface area contributed by atoms with Gasteiger partial charge in [-0.3, -0.25) is 4.79 Å².